The third-order valence-corrected chi connectivity index (χ3v) is 5.33. The molecule has 3 atom stereocenters. The van der Waals surface area contributed by atoms with Crippen molar-refractivity contribution in [3.8, 4) is 0 Å². The van der Waals surface area contributed by atoms with Gasteiger partial charge in [-0.15, -0.1) is 0 Å². The molecule has 1 saturated carbocycles. The Hall–Kier alpha value is -1.12. The first-order chi connectivity index (χ1) is 9.68. The highest BCUT2D eigenvalue weighted by Crippen LogP contribution is 2.43. The van der Waals surface area contributed by atoms with Crippen LogP contribution in [0.1, 0.15) is 66.7 Å². The van der Waals surface area contributed by atoms with Crippen LogP contribution in [0, 0.1) is 17.3 Å². The number of ketones is 1. The summed E-state index contributed by atoms with van der Waals surface area (Å²) < 4.78 is 5.85. The van der Waals surface area contributed by atoms with Gasteiger partial charge in [0.25, 0.3) is 0 Å². The molecule has 3 heteroatoms. The van der Waals surface area contributed by atoms with Gasteiger partial charge in [0.2, 0.25) is 0 Å². The molecular weight excluding hydrogens is 264 g/mol. The summed E-state index contributed by atoms with van der Waals surface area (Å²) in [6.45, 7) is 9.87. The van der Waals surface area contributed by atoms with Crippen molar-refractivity contribution in [1.82, 2.24) is 0 Å². The predicted octanol–water partition coefficient (Wildman–Crippen LogP) is 4.06. The van der Waals surface area contributed by atoms with Crippen LogP contribution in [0.5, 0.6) is 0 Å². The lowest BCUT2D eigenvalue weighted by Gasteiger charge is -2.41. The van der Waals surface area contributed by atoms with E-state index in [9.17, 15) is 9.59 Å². The van der Waals surface area contributed by atoms with E-state index in [4.69, 9.17) is 4.74 Å². The molecule has 0 aromatic rings. The molecule has 0 aromatic carbocycles. The second kappa shape index (κ2) is 5.58. The van der Waals surface area contributed by atoms with E-state index in [1.165, 1.54) is 0 Å². The summed E-state index contributed by atoms with van der Waals surface area (Å²) in [6, 6.07) is 0. The SMILES string of the molecule is CCC(C)(C)C(=O)O[C@]1(C)CC=C2C(=O)[C@H](C)CC[C@H]2C1. The molecule has 0 bridgehead atoms. The fourth-order valence-electron chi connectivity index (χ4n) is 3.22. The molecule has 2 aliphatic carbocycles. The molecule has 0 unspecified atom stereocenters. The van der Waals surface area contributed by atoms with Crippen molar-refractivity contribution >= 4 is 11.8 Å². The molecule has 0 amide bonds. The van der Waals surface area contributed by atoms with E-state index in [2.05, 4.69) is 0 Å². The minimum atomic E-state index is -0.460. The first-order valence-corrected chi connectivity index (χ1v) is 8.16. The van der Waals surface area contributed by atoms with E-state index >= 15 is 0 Å². The Morgan fingerprint density at radius 1 is 1.43 bits per heavy atom. The zero-order valence-corrected chi connectivity index (χ0v) is 14.0. The number of carbonyl (C=O) groups is 2. The average Bonchev–Trinajstić information content (AvgIpc) is 2.42. The first-order valence-electron chi connectivity index (χ1n) is 8.16. The van der Waals surface area contributed by atoms with Gasteiger partial charge < -0.3 is 4.74 Å². The molecule has 0 aromatic heterocycles. The van der Waals surface area contributed by atoms with Gasteiger partial charge in [-0.05, 0) is 57.9 Å². The molecule has 2 rings (SSSR count). The van der Waals surface area contributed by atoms with Crippen LogP contribution >= 0.6 is 0 Å². The normalized spacial score (nSPS) is 33.2. The largest absolute Gasteiger partial charge is 0.459 e. The van der Waals surface area contributed by atoms with Crippen LogP contribution < -0.4 is 0 Å². The van der Waals surface area contributed by atoms with Gasteiger partial charge in [0.05, 0.1) is 5.41 Å². The summed E-state index contributed by atoms with van der Waals surface area (Å²) in [7, 11) is 0. The topological polar surface area (TPSA) is 43.4 Å². The molecule has 0 N–H and O–H groups in total. The van der Waals surface area contributed by atoms with Gasteiger partial charge in [0, 0.05) is 12.3 Å². The van der Waals surface area contributed by atoms with Crippen molar-refractivity contribution in [2.75, 3.05) is 0 Å². The fourth-order valence-corrected chi connectivity index (χ4v) is 3.22. The van der Waals surface area contributed by atoms with E-state index in [-0.39, 0.29) is 17.8 Å². The van der Waals surface area contributed by atoms with Crippen LogP contribution in [0.3, 0.4) is 0 Å². The molecule has 21 heavy (non-hydrogen) atoms. The number of fused-ring (bicyclic) bond motifs is 1. The van der Waals surface area contributed by atoms with Gasteiger partial charge in [-0.3, -0.25) is 9.59 Å². The number of hydrogen-bond acceptors (Lipinski definition) is 3. The molecule has 0 heterocycles. The Kier molecular flexibility index (Phi) is 4.32. The number of ether oxygens (including phenoxy) is 1. The van der Waals surface area contributed by atoms with Crippen molar-refractivity contribution in [3.63, 3.8) is 0 Å². The molecule has 2 aliphatic rings. The van der Waals surface area contributed by atoms with E-state index in [0.717, 1.165) is 31.3 Å². The number of allylic oxidation sites excluding steroid dienone is 1. The Balaban J connectivity index is 2.12. The molecular formula is C18H28O3. The molecule has 3 nitrogen and oxygen atoms in total. The summed E-state index contributed by atoms with van der Waals surface area (Å²) >= 11 is 0. The lowest BCUT2D eigenvalue weighted by atomic mass is 9.69. The first kappa shape index (κ1) is 16.3. The van der Waals surface area contributed by atoms with Crippen LogP contribution in [-0.2, 0) is 14.3 Å². The third-order valence-electron chi connectivity index (χ3n) is 5.33. The fraction of sp³-hybridized carbons (Fsp3) is 0.778. The highest BCUT2D eigenvalue weighted by Gasteiger charge is 2.42. The highest BCUT2D eigenvalue weighted by molar-refractivity contribution is 5.98. The minimum absolute atomic E-state index is 0.125. The van der Waals surface area contributed by atoms with Gasteiger partial charge in [0.1, 0.15) is 5.60 Å². The quantitative estimate of drug-likeness (QED) is 0.737. The molecule has 0 radical (unpaired) electrons. The Bertz CT molecular complexity index is 475. The van der Waals surface area contributed by atoms with Crippen molar-refractivity contribution in [2.45, 2.75) is 72.3 Å². The van der Waals surface area contributed by atoms with Gasteiger partial charge in [-0.25, -0.2) is 0 Å². The molecule has 0 aliphatic heterocycles. The number of rotatable bonds is 3. The Morgan fingerprint density at radius 3 is 2.71 bits per heavy atom. The number of carbonyl (C=O) groups excluding carboxylic acids is 2. The predicted molar refractivity (Wildman–Crippen MR) is 82.8 cm³/mol. The third kappa shape index (κ3) is 3.22. The highest BCUT2D eigenvalue weighted by atomic mass is 16.6. The summed E-state index contributed by atoms with van der Waals surface area (Å²) in [5.41, 5.74) is 0.0830. The summed E-state index contributed by atoms with van der Waals surface area (Å²) in [4.78, 5) is 24.6. The number of esters is 1. The van der Waals surface area contributed by atoms with Crippen molar-refractivity contribution in [1.29, 1.82) is 0 Å². The van der Waals surface area contributed by atoms with Crippen molar-refractivity contribution in [2.24, 2.45) is 17.3 Å². The van der Waals surface area contributed by atoms with Crippen molar-refractivity contribution < 1.29 is 14.3 Å². The smallest absolute Gasteiger partial charge is 0.312 e. The summed E-state index contributed by atoms with van der Waals surface area (Å²) in [5, 5.41) is 0. The number of hydrogen-bond donors (Lipinski definition) is 0. The maximum Gasteiger partial charge on any atom is 0.312 e. The van der Waals surface area contributed by atoms with Crippen molar-refractivity contribution in [3.05, 3.63) is 11.6 Å². The maximum atomic E-state index is 12.3. The second-order valence-electron chi connectivity index (χ2n) is 7.68. The zero-order chi connectivity index (χ0) is 15.8. The van der Waals surface area contributed by atoms with E-state index in [0.29, 0.717) is 12.2 Å². The second-order valence-corrected chi connectivity index (χ2v) is 7.68. The van der Waals surface area contributed by atoms with Gasteiger partial charge in [0.15, 0.2) is 5.78 Å². The zero-order valence-electron chi connectivity index (χ0n) is 14.0. The molecule has 1 fully saturated rings. The van der Waals surface area contributed by atoms with E-state index in [1.807, 2.05) is 40.7 Å². The van der Waals surface area contributed by atoms with Crippen LogP contribution in [0.25, 0.3) is 0 Å². The maximum absolute atomic E-state index is 12.3. The van der Waals surface area contributed by atoms with Gasteiger partial charge in [-0.1, -0.05) is 19.9 Å². The number of Topliss-reactive ketones (excluding diaryl/α,β-unsaturated/α-hetero) is 1. The van der Waals surface area contributed by atoms with Gasteiger partial charge >= 0.3 is 5.97 Å². The van der Waals surface area contributed by atoms with E-state index in [1.54, 1.807) is 0 Å². The summed E-state index contributed by atoms with van der Waals surface area (Å²) in [6.07, 6.45) is 6.21. The lowest BCUT2D eigenvalue weighted by Crippen LogP contribution is -2.43. The Morgan fingerprint density at radius 2 is 2.10 bits per heavy atom. The van der Waals surface area contributed by atoms with Crippen LogP contribution in [0.4, 0.5) is 0 Å². The summed E-state index contributed by atoms with van der Waals surface area (Å²) in [5.74, 6) is 0.594. The minimum Gasteiger partial charge on any atom is -0.459 e. The lowest BCUT2D eigenvalue weighted by molar-refractivity contribution is -0.171. The molecule has 0 saturated heterocycles. The van der Waals surface area contributed by atoms with E-state index < -0.39 is 11.0 Å². The molecule has 0 spiro atoms. The monoisotopic (exact) mass is 292 g/mol. The van der Waals surface area contributed by atoms with Gasteiger partial charge in [-0.2, -0.15) is 0 Å². The Labute approximate surface area is 128 Å². The van der Waals surface area contributed by atoms with Crippen LogP contribution in [-0.4, -0.2) is 17.4 Å². The van der Waals surface area contributed by atoms with Crippen LogP contribution in [0.2, 0.25) is 0 Å². The average molecular weight is 292 g/mol. The molecule has 118 valence electrons. The standard InChI is InChI=1S/C18H28O3/c1-6-17(3,4)16(20)21-18(5)10-9-14-13(11-18)8-7-12(2)15(14)19/h9,12-13H,6-8,10-11H2,1-5H3/t12-,13+,18-/m1/s1. The van der Waals surface area contributed by atoms with Crippen LogP contribution in [0.15, 0.2) is 11.6 Å².